The zero-order valence-corrected chi connectivity index (χ0v) is 11.8. The van der Waals surface area contributed by atoms with Crippen molar-refractivity contribution in [3.8, 4) is 11.8 Å². The minimum atomic E-state index is 0.0714. The Morgan fingerprint density at radius 2 is 1.74 bits per heavy atom. The summed E-state index contributed by atoms with van der Waals surface area (Å²) >= 11 is 11.8. The summed E-state index contributed by atoms with van der Waals surface area (Å²) < 4.78 is 5.48. The molecule has 0 saturated carbocycles. The first-order chi connectivity index (χ1) is 9.02. The third-order valence-corrected chi connectivity index (χ3v) is 2.72. The largest absolute Gasteiger partial charge is 0.424 e. The van der Waals surface area contributed by atoms with Crippen LogP contribution in [0.15, 0.2) is 30.6 Å². The first-order valence-electron chi connectivity index (χ1n) is 5.73. The Hall–Kier alpha value is -1.36. The number of aromatic nitrogens is 2. The van der Waals surface area contributed by atoms with Gasteiger partial charge in [0.1, 0.15) is 5.75 Å². The standard InChI is InChI=1S/C13H13Cl2N3O/c1-8(16)2-9-6-17-13(18-7-9)19-12-4-10(14)3-11(15)5-12/h3-8H,2,16H2,1H3. The highest BCUT2D eigenvalue weighted by Crippen LogP contribution is 2.26. The van der Waals surface area contributed by atoms with E-state index in [-0.39, 0.29) is 12.1 Å². The Morgan fingerprint density at radius 1 is 1.16 bits per heavy atom. The van der Waals surface area contributed by atoms with Crippen molar-refractivity contribution in [2.45, 2.75) is 19.4 Å². The van der Waals surface area contributed by atoms with Gasteiger partial charge < -0.3 is 10.5 Å². The molecule has 0 aliphatic carbocycles. The molecule has 0 saturated heterocycles. The highest BCUT2D eigenvalue weighted by molar-refractivity contribution is 6.34. The lowest BCUT2D eigenvalue weighted by Crippen LogP contribution is -2.17. The van der Waals surface area contributed by atoms with Gasteiger partial charge in [-0.2, -0.15) is 0 Å². The number of ether oxygens (including phenoxy) is 1. The normalized spacial score (nSPS) is 12.2. The molecule has 100 valence electrons. The van der Waals surface area contributed by atoms with Crippen molar-refractivity contribution in [2.75, 3.05) is 0 Å². The lowest BCUT2D eigenvalue weighted by Gasteiger charge is -2.07. The highest BCUT2D eigenvalue weighted by atomic mass is 35.5. The van der Waals surface area contributed by atoms with E-state index in [4.69, 9.17) is 33.7 Å². The second kappa shape index (κ2) is 6.19. The molecule has 19 heavy (non-hydrogen) atoms. The second-order valence-electron chi connectivity index (χ2n) is 4.26. The molecule has 0 radical (unpaired) electrons. The van der Waals surface area contributed by atoms with E-state index in [1.54, 1.807) is 30.6 Å². The van der Waals surface area contributed by atoms with Crippen LogP contribution < -0.4 is 10.5 Å². The van der Waals surface area contributed by atoms with Crippen molar-refractivity contribution in [1.82, 2.24) is 9.97 Å². The Bertz CT molecular complexity index is 538. The average molecular weight is 298 g/mol. The molecule has 0 aliphatic rings. The smallest absolute Gasteiger partial charge is 0.321 e. The fourth-order valence-corrected chi connectivity index (χ4v) is 2.07. The molecule has 0 spiro atoms. The van der Waals surface area contributed by atoms with Gasteiger partial charge in [0, 0.05) is 28.5 Å². The zero-order chi connectivity index (χ0) is 13.8. The summed E-state index contributed by atoms with van der Waals surface area (Å²) in [5.74, 6) is 0.498. The van der Waals surface area contributed by atoms with Crippen LogP contribution in [-0.4, -0.2) is 16.0 Å². The van der Waals surface area contributed by atoms with Crippen LogP contribution in [0.3, 0.4) is 0 Å². The van der Waals surface area contributed by atoms with E-state index in [2.05, 4.69) is 9.97 Å². The molecular formula is C13H13Cl2N3O. The first kappa shape index (κ1) is 14.1. The van der Waals surface area contributed by atoms with Gasteiger partial charge in [0.15, 0.2) is 0 Å². The minimum absolute atomic E-state index is 0.0714. The van der Waals surface area contributed by atoms with Crippen LogP contribution in [-0.2, 0) is 6.42 Å². The number of nitrogens with zero attached hydrogens (tertiary/aromatic N) is 2. The van der Waals surface area contributed by atoms with Gasteiger partial charge in [-0.1, -0.05) is 23.2 Å². The van der Waals surface area contributed by atoms with Gasteiger partial charge in [-0.15, -0.1) is 0 Å². The zero-order valence-electron chi connectivity index (χ0n) is 10.3. The van der Waals surface area contributed by atoms with Gasteiger partial charge in [0.25, 0.3) is 0 Å². The van der Waals surface area contributed by atoms with E-state index < -0.39 is 0 Å². The van der Waals surface area contributed by atoms with E-state index in [0.717, 1.165) is 12.0 Å². The third kappa shape index (κ3) is 4.35. The van der Waals surface area contributed by atoms with Crippen LogP contribution in [0.1, 0.15) is 12.5 Å². The van der Waals surface area contributed by atoms with Crippen LogP contribution in [0.2, 0.25) is 10.0 Å². The van der Waals surface area contributed by atoms with E-state index >= 15 is 0 Å². The number of halogens is 2. The minimum Gasteiger partial charge on any atom is -0.424 e. The van der Waals surface area contributed by atoms with E-state index in [1.165, 1.54) is 0 Å². The van der Waals surface area contributed by atoms with Crippen LogP contribution in [0.4, 0.5) is 0 Å². The van der Waals surface area contributed by atoms with Crippen LogP contribution in [0, 0.1) is 0 Å². The van der Waals surface area contributed by atoms with Crippen LogP contribution in [0.5, 0.6) is 11.8 Å². The number of nitrogens with two attached hydrogens (primary N) is 1. The molecule has 1 unspecified atom stereocenters. The van der Waals surface area contributed by atoms with Crippen molar-refractivity contribution < 1.29 is 4.74 Å². The third-order valence-electron chi connectivity index (χ3n) is 2.28. The maximum Gasteiger partial charge on any atom is 0.321 e. The molecule has 1 aromatic heterocycles. The van der Waals surface area contributed by atoms with Gasteiger partial charge >= 0.3 is 6.01 Å². The Morgan fingerprint density at radius 3 is 2.26 bits per heavy atom. The molecule has 1 atom stereocenters. The molecule has 2 rings (SSSR count). The Kier molecular flexibility index (Phi) is 4.58. The average Bonchev–Trinajstić information content (AvgIpc) is 2.29. The van der Waals surface area contributed by atoms with Gasteiger partial charge in [0.05, 0.1) is 0 Å². The summed E-state index contributed by atoms with van der Waals surface area (Å²) in [6, 6.07) is 5.23. The molecule has 2 N–H and O–H groups in total. The van der Waals surface area contributed by atoms with Crippen molar-refractivity contribution in [3.63, 3.8) is 0 Å². The van der Waals surface area contributed by atoms with Crippen LogP contribution in [0.25, 0.3) is 0 Å². The Labute approximate surface area is 121 Å². The molecule has 0 aliphatic heterocycles. The molecule has 0 fully saturated rings. The lowest BCUT2D eigenvalue weighted by molar-refractivity contribution is 0.441. The molecule has 6 heteroatoms. The predicted octanol–water partition coefficient (Wildman–Crippen LogP) is 3.47. The molecular weight excluding hydrogens is 285 g/mol. The molecule has 1 aromatic carbocycles. The monoisotopic (exact) mass is 297 g/mol. The van der Waals surface area contributed by atoms with Gasteiger partial charge in [-0.3, -0.25) is 0 Å². The molecule has 0 amide bonds. The van der Waals surface area contributed by atoms with Crippen LogP contribution >= 0.6 is 23.2 Å². The quantitative estimate of drug-likeness (QED) is 0.939. The highest BCUT2D eigenvalue weighted by Gasteiger charge is 2.04. The number of benzene rings is 1. The lowest BCUT2D eigenvalue weighted by atomic mass is 10.1. The van der Waals surface area contributed by atoms with Crippen molar-refractivity contribution >= 4 is 23.2 Å². The van der Waals surface area contributed by atoms with E-state index in [1.807, 2.05) is 6.92 Å². The van der Waals surface area contributed by atoms with Crippen molar-refractivity contribution in [3.05, 3.63) is 46.2 Å². The first-order valence-corrected chi connectivity index (χ1v) is 6.49. The summed E-state index contributed by atoms with van der Waals surface area (Å²) in [5.41, 5.74) is 6.67. The molecule has 0 bridgehead atoms. The molecule has 1 heterocycles. The fraction of sp³-hybridized carbons (Fsp3) is 0.231. The van der Waals surface area contributed by atoms with E-state index in [9.17, 15) is 0 Å². The van der Waals surface area contributed by atoms with Gasteiger partial charge in [-0.25, -0.2) is 9.97 Å². The fourth-order valence-electron chi connectivity index (χ4n) is 1.57. The number of hydrogen-bond acceptors (Lipinski definition) is 4. The van der Waals surface area contributed by atoms with Gasteiger partial charge in [0.2, 0.25) is 0 Å². The topological polar surface area (TPSA) is 61.0 Å². The van der Waals surface area contributed by atoms with Crippen molar-refractivity contribution in [1.29, 1.82) is 0 Å². The SMILES string of the molecule is CC(N)Cc1cnc(Oc2cc(Cl)cc(Cl)c2)nc1. The predicted molar refractivity (Wildman–Crippen MR) is 75.9 cm³/mol. The second-order valence-corrected chi connectivity index (χ2v) is 5.14. The number of hydrogen-bond donors (Lipinski definition) is 1. The molecule has 2 aromatic rings. The Balaban J connectivity index is 2.10. The summed E-state index contributed by atoms with van der Waals surface area (Å²) in [4.78, 5) is 8.22. The number of rotatable bonds is 4. The summed E-state index contributed by atoms with van der Waals surface area (Å²) in [6.45, 7) is 1.93. The molecule has 4 nitrogen and oxygen atoms in total. The summed E-state index contributed by atoms with van der Waals surface area (Å²) in [7, 11) is 0. The van der Waals surface area contributed by atoms with Gasteiger partial charge in [-0.05, 0) is 37.1 Å². The van der Waals surface area contributed by atoms with Crippen molar-refractivity contribution in [2.24, 2.45) is 5.73 Å². The maximum atomic E-state index is 5.88. The summed E-state index contributed by atoms with van der Waals surface area (Å²) in [6.07, 6.45) is 4.11. The summed E-state index contributed by atoms with van der Waals surface area (Å²) in [5, 5.41) is 0.993. The maximum absolute atomic E-state index is 5.88. The van der Waals surface area contributed by atoms with E-state index in [0.29, 0.717) is 15.8 Å².